The fraction of sp³-hybridized carbons (Fsp3) is 0.818. The van der Waals surface area contributed by atoms with Crippen molar-refractivity contribution in [2.24, 2.45) is 0 Å². The van der Waals surface area contributed by atoms with Crippen LogP contribution in [0.4, 0.5) is 0 Å². The molecule has 0 heterocycles. The molecular weight excluding hydrogens is 210 g/mol. The van der Waals surface area contributed by atoms with Crippen LogP contribution in [0.15, 0.2) is 0 Å². The summed E-state index contributed by atoms with van der Waals surface area (Å²) in [6, 6.07) is -0.826. The van der Waals surface area contributed by atoms with E-state index in [-0.39, 0.29) is 6.42 Å². The molecule has 0 saturated heterocycles. The molecule has 0 radical (unpaired) electrons. The van der Waals surface area contributed by atoms with E-state index in [1.165, 1.54) is 12.0 Å². The maximum absolute atomic E-state index is 11.1. The Bertz CT molecular complexity index is 240. The summed E-state index contributed by atoms with van der Waals surface area (Å²) in [6.45, 7) is 5.95. The minimum atomic E-state index is -0.995. The number of methoxy groups -OCH3 is 1. The summed E-state index contributed by atoms with van der Waals surface area (Å²) in [6.07, 6.45) is 1.60. The number of amides is 1. The van der Waals surface area contributed by atoms with Crippen LogP contribution in [0.25, 0.3) is 0 Å². The van der Waals surface area contributed by atoms with Gasteiger partial charge in [0, 0.05) is 20.1 Å². The Labute approximate surface area is 96.4 Å². The van der Waals surface area contributed by atoms with Crippen LogP contribution in [-0.4, -0.2) is 47.7 Å². The zero-order chi connectivity index (χ0) is 12.8. The molecule has 1 N–H and O–H groups in total. The van der Waals surface area contributed by atoms with Gasteiger partial charge in [-0.15, -0.1) is 0 Å². The molecule has 0 bridgehead atoms. The molecule has 0 aliphatic rings. The Hall–Kier alpha value is -1.10. The topological polar surface area (TPSA) is 66.8 Å². The maximum atomic E-state index is 11.1. The first-order chi connectivity index (χ1) is 7.37. The van der Waals surface area contributed by atoms with Crippen LogP contribution in [0.3, 0.4) is 0 Å². The van der Waals surface area contributed by atoms with Crippen LogP contribution < -0.4 is 0 Å². The predicted molar refractivity (Wildman–Crippen MR) is 60.2 cm³/mol. The summed E-state index contributed by atoms with van der Waals surface area (Å²) in [5.41, 5.74) is -0.557. The number of aliphatic carboxylic acids is 1. The van der Waals surface area contributed by atoms with Crippen molar-refractivity contribution in [3.63, 3.8) is 0 Å². The Morgan fingerprint density at radius 1 is 1.56 bits per heavy atom. The summed E-state index contributed by atoms with van der Waals surface area (Å²) >= 11 is 0. The molecule has 0 saturated carbocycles. The predicted octanol–water partition coefficient (Wildman–Crippen LogP) is 1.12. The summed E-state index contributed by atoms with van der Waals surface area (Å²) in [7, 11) is 1.53. The molecule has 1 atom stereocenters. The van der Waals surface area contributed by atoms with Gasteiger partial charge in [0.05, 0.1) is 5.60 Å². The zero-order valence-electron chi connectivity index (χ0n) is 10.4. The molecule has 94 valence electrons. The van der Waals surface area contributed by atoms with Crippen molar-refractivity contribution in [2.45, 2.75) is 45.3 Å². The van der Waals surface area contributed by atoms with E-state index < -0.39 is 17.6 Å². The van der Waals surface area contributed by atoms with E-state index in [0.717, 1.165) is 6.42 Å². The van der Waals surface area contributed by atoms with Gasteiger partial charge in [-0.1, -0.05) is 6.92 Å². The van der Waals surface area contributed by atoms with E-state index in [1.54, 1.807) is 13.8 Å². The van der Waals surface area contributed by atoms with E-state index in [1.807, 2.05) is 6.92 Å². The van der Waals surface area contributed by atoms with E-state index in [4.69, 9.17) is 9.84 Å². The van der Waals surface area contributed by atoms with Gasteiger partial charge in [-0.3, -0.25) is 4.79 Å². The minimum Gasteiger partial charge on any atom is -0.480 e. The highest BCUT2D eigenvalue weighted by Gasteiger charge is 2.31. The molecule has 1 amide bonds. The number of hydrogen-bond donors (Lipinski definition) is 1. The average Bonchev–Trinajstić information content (AvgIpc) is 2.23. The second kappa shape index (κ2) is 6.48. The third-order valence-corrected chi connectivity index (χ3v) is 2.54. The highest BCUT2D eigenvalue weighted by atomic mass is 16.5. The van der Waals surface area contributed by atoms with Gasteiger partial charge in [0.1, 0.15) is 6.04 Å². The first kappa shape index (κ1) is 14.9. The lowest BCUT2D eigenvalue weighted by Gasteiger charge is -2.31. The molecule has 5 nitrogen and oxygen atoms in total. The molecule has 0 aliphatic carbocycles. The molecule has 0 aromatic heterocycles. The molecule has 0 spiro atoms. The van der Waals surface area contributed by atoms with Crippen molar-refractivity contribution >= 4 is 12.4 Å². The van der Waals surface area contributed by atoms with Gasteiger partial charge in [-0.05, 0) is 20.3 Å². The van der Waals surface area contributed by atoms with Gasteiger partial charge in [0.2, 0.25) is 6.41 Å². The number of ether oxygens (including phenoxy) is 1. The van der Waals surface area contributed by atoms with Crippen LogP contribution in [0, 0.1) is 0 Å². The summed E-state index contributed by atoms with van der Waals surface area (Å²) in [5, 5.41) is 9.10. The van der Waals surface area contributed by atoms with Gasteiger partial charge in [-0.25, -0.2) is 4.79 Å². The minimum absolute atomic E-state index is 0.275. The van der Waals surface area contributed by atoms with Crippen molar-refractivity contribution in [1.82, 2.24) is 4.90 Å². The number of carboxylic acids is 1. The molecule has 0 aromatic rings. The zero-order valence-corrected chi connectivity index (χ0v) is 10.4. The molecule has 1 unspecified atom stereocenters. The van der Waals surface area contributed by atoms with E-state index in [9.17, 15) is 9.59 Å². The van der Waals surface area contributed by atoms with Gasteiger partial charge in [0.25, 0.3) is 0 Å². The second-order valence-corrected chi connectivity index (χ2v) is 4.37. The molecule has 16 heavy (non-hydrogen) atoms. The molecular formula is C11H21NO4. The van der Waals surface area contributed by atoms with Gasteiger partial charge >= 0.3 is 5.97 Å². The van der Waals surface area contributed by atoms with Crippen LogP contribution in [0.1, 0.15) is 33.6 Å². The van der Waals surface area contributed by atoms with Crippen LogP contribution in [0.5, 0.6) is 0 Å². The van der Waals surface area contributed by atoms with E-state index in [0.29, 0.717) is 13.0 Å². The van der Waals surface area contributed by atoms with Gasteiger partial charge < -0.3 is 14.7 Å². The summed E-state index contributed by atoms with van der Waals surface area (Å²) in [4.78, 5) is 23.3. The van der Waals surface area contributed by atoms with E-state index >= 15 is 0 Å². The number of nitrogens with zero attached hydrogens (tertiary/aromatic N) is 1. The van der Waals surface area contributed by atoms with Crippen LogP contribution in [-0.2, 0) is 14.3 Å². The van der Waals surface area contributed by atoms with Gasteiger partial charge in [0.15, 0.2) is 0 Å². The molecule has 5 heteroatoms. The molecule has 0 aromatic carbocycles. The Balaban J connectivity index is 4.71. The lowest BCUT2D eigenvalue weighted by molar-refractivity contribution is -0.149. The monoisotopic (exact) mass is 231 g/mol. The van der Waals surface area contributed by atoms with Crippen LogP contribution in [0.2, 0.25) is 0 Å². The summed E-state index contributed by atoms with van der Waals surface area (Å²) < 4.78 is 5.19. The smallest absolute Gasteiger partial charge is 0.326 e. The normalized spacial score (nSPS) is 13.2. The number of rotatable bonds is 8. The lowest BCUT2D eigenvalue weighted by Crippen LogP contribution is -2.45. The lowest BCUT2D eigenvalue weighted by atomic mass is 9.98. The number of carbonyl (C=O) groups is 2. The van der Waals surface area contributed by atoms with Crippen molar-refractivity contribution < 1.29 is 19.4 Å². The highest BCUT2D eigenvalue weighted by Crippen LogP contribution is 2.19. The van der Waals surface area contributed by atoms with E-state index in [2.05, 4.69) is 0 Å². The van der Waals surface area contributed by atoms with Crippen molar-refractivity contribution in [1.29, 1.82) is 0 Å². The fourth-order valence-electron chi connectivity index (χ4n) is 1.44. The third-order valence-electron chi connectivity index (χ3n) is 2.54. The molecule has 0 rings (SSSR count). The number of carbonyl (C=O) groups excluding carboxylic acids is 1. The second-order valence-electron chi connectivity index (χ2n) is 4.37. The Morgan fingerprint density at radius 2 is 2.12 bits per heavy atom. The molecule has 0 aliphatic heterocycles. The van der Waals surface area contributed by atoms with Crippen molar-refractivity contribution in [2.75, 3.05) is 13.7 Å². The summed E-state index contributed by atoms with van der Waals surface area (Å²) in [5.74, 6) is -0.995. The Morgan fingerprint density at radius 3 is 2.44 bits per heavy atom. The highest BCUT2D eigenvalue weighted by molar-refractivity contribution is 5.76. The average molecular weight is 231 g/mol. The van der Waals surface area contributed by atoms with Crippen LogP contribution >= 0.6 is 0 Å². The fourth-order valence-corrected chi connectivity index (χ4v) is 1.44. The number of carboxylic acid groups (broad SMARTS) is 1. The Kier molecular flexibility index (Phi) is 6.03. The van der Waals surface area contributed by atoms with Crippen molar-refractivity contribution in [3.05, 3.63) is 0 Å². The molecule has 0 fully saturated rings. The van der Waals surface area contributed by atoms with Crippen molar-refractivity contribution in [3.8, 4) is 0 Å². The first-order valence-electron chi connectivity index (χ1n) is 5.37. The maximum Gasteiger partial charge on any atom is 0.326 e. The number of hydrogen-bond acceptors (Lipinski definition) is 3. The third kappa shape index (κ3) is 4.61. The quantitative estimate of drug-likeness (QED) is 0.636. The standard InChI is InChI=1S/C11H21NO4/c1-5-6-12(8-13)9(10(14)15)7-11(2,3)16-4/h8-9H,5-7H2,1-4H3,(H,14,15). The largest absolute Gasteiger partial charge is 0.480 e. The van der Waals surface area contributed by atoms with Gasteiger partial charge in [-0.2, -0.15) is 0 Å². The first-order valence-corrected chi connectivity index (χ1v) is 5.37. The SMILES string of the molecule is CCCN(C=O)C(CC(C)(C)OC)C(=O)O.